The van der Waals surface area contributed by atoms with E-state index in [0.29, 0.717) is 5.92 Å². The molecule has 2 bridgehead atoms. The van der Waals surface area contributed by atoms with E-state index in [2.05, 4.69) is 36.4 Å². The van der Waals surface area contributed by atoms with Crippen LogP contribution in [0.4, 0.5) is 0 Å². The quantitative estimate of drug-likeness (QED) is 0.691. The number of benzene rings is 2. The van der Waals surface area contributed by atoms with Gasteiger partial charge in [0.25, 0.3) is 0 Å². The lowest BCUT2D eigenvalue weighted by Crippen LogP contribution is -2.41. The molecule has 18 heavy (non-hydrogen) atoms. The summed E-state index contributed by atoms with van der Waals surface area (Å²) in [5.74, 6) is 0.485. The normalized spacial score (nSPS) is 27.4. The van der Waals surface area contributed by atoms with E-state index in [9.17, 15) is 4.79 Å². The number of aldehydes is 1. The molecule has 0 aliphatic heterocycles. The van der Waals surface area contributed by atoms with Crippen LogP contribution in [0.25, 0.3) is 0 Å². The van der Waals surface area contributed by atoms with Crippen molar-refractivity contribution in [1.29, 1.82) is 0 Å². The molecule has 0 radical (unpaired) electrons. The maximum Gasteiger partial charge on any atom is 0.134 e. The van der Waals surface area contributed by atoms with Crippen molar-refractivity contribution < 1.29 is 4.79 Å². The topological polar surface area (TPSA) is 17.1 Å². The van der Waals surface area contributed by atoms with Crippen LogP contribution in [-0.4, -0.2) is 6.29 Å². The standard InChI is InChI=1S/C17H14O/c18-11-17-10-9-12(13-5-1-3-7-15(13)17)14-6-2-4-8-16(14)17/h1-8,11-12H,9-10H2. The van der Waals surface area contributed by atoms with Gasteiger partial charge in [-0.2, -0.15) is 0 Å². The Labute approximate surface area is 106 Å². The third-order valence-corrected chi connectivity index (χ3v) is 4.66. The molecule has 0 amide bonds. The van der Waals surface area contributed by atoms with Gasteiger partial charge in [0.15, 0.2) is 0 Å². The Morgan fingerprint density at radius 1 is 0.944 bits per heavy atom. The summed E-state index contributed by atoms with van der Waals surface area (Å²) in [7, 11) is 0. The molecule has 2 aromatic carbocycles. The third kappa shape index (κ3) is 1.01. The number of hydrogen-bond donors (Lipinski definition) is 0. The van der Waals surface area contributed by atoms with E-state index < -0.39 is 0 Å². The maximum absolute atomic E-state index is 11.9. The summed E-state index contributed by atoms with van der Waals surface area (Å²) in [6, 6.07) is 16.9. The Hall–Kier alpha value is -1.89. The molecule has 1 heteroatoms. The average Bonchev–Trinajstić information content (AvgIpc) is 2.48. The van der Waals surface area contributed by atoms with E-state index in [-0.39, 0.29) is 5.41 Å². The molecule has 0 unspecified atom stereocenters. The molecule has 3 aliphatic carbocycles. The summed E-state index contributed by atoms with van der Waals surface area (Å²) in [4.78, 5) is 11.9. The molecule has 0 saturated heterocycles. The summed E-state index contributed by atoms with van der Waals surface area (Å²) < 4.78 is 0. The number of carbonyl (C=O) groups is 1. The highest BCUT2D eigenvalue weighted by atomic mass is 16.1. The minimum Gasteiger partial charge on any atom is -0.302 e. The van der Waals surface area contributed by atoms with Gasteiger partial charge in [0.2, 0.25) is 0 Å². The molecular weight excluding hydrogens is 220 g/mol. The van der Waals surface area contributed by atoms with Crippen LogP contribution in [0, 0.1) is 0 Å². The van der Waals surface area contributed by atoms with Crippen LogP contribution in [0.2, 0.25) is 0 Å². The summed E-state index contributed by atoms with van der Waals surface area (Å²) in [5, 5.41) is 0. The molecule has 0 saturated carbocycles. The fourth-order valence-electron chi connectivity index (χ4n) is 3.87. The first-order chi connectivity index (χ1) is 8.87. The second-order valence-corrected chi connectivity index (χ2v) is 5.35. The number of rotatable bonds is 1. The Balaban J connectivity index is 2.12. The first-order valence-electron chi connectivity index (χ1n) is 6.52. The first-order valence-corrected chi connectivity index (χ1v) is 6.52. The van der Waals surface area contributed by atoms with Crippen molar-refractivity contribution in [1.82, 2.24) is 0 Å². The van der Waals surface area contributed by atoms with E-state index in [4.69, 9.17) is 0 Å². The van der Waals surface area contributed by atoms with E-state index in [1.807, 2.05) is 12.1 Å². The summed E-state index contributed by atoms with van der Waals surface area (Å²) >= 11 is 0. The van der Waals surface area contributed by atoms with E-state index in [1.165, 1.54) is 28.5 Å². The van der Waals surface area contributed by atoms with Gasteiger partial charge < -0.3 is 4.79 Å². The number of carbonyl (C=O) groups excluding carboxylic acids is 1. The van der Waals surface area contributed by atoms with Crippen LogP contribution in [0.1, 0.15) is 41.0 Å². The summed E-state index contributed by atoms with van der Waals surface area (Å²) in [5.41, 5.74) is 4.79. The van der Waals surface area contributed by atoms with Crippen LogP contribution < -0.4 is 0 Å². The SMILES string of the molecule is O=CC12CCC(c3ccccc31)c1ccccc12. The van der Waals surface area contributed by atoms with Gasteiger partial charge in [-0.3, -0.25) is 0 Å². The largest absolute Gasteiger partial charge is 0.302 e. The van der Waals surface area contributed by atoms with Crippen molar-refractivity contribution in [3.05, 3.63) is 70.8 Å². The monoisotopic (exact) mass is 234 g/mol. The molecule has 0 N–H and O–H groups in total. The van der Waals surface area contributed by atoms with Gasteiger partial charge in [0.1, 0.15) is 6.29 Å². The van der Waals surface area contributed by atoms with E-state index in [1.54, 1.807) is 0 Å². The van der Waals surface area contributed by atoms with Gasteiger partial charge in [-0.1, -0.05) is 48.5 Å². The lowest BCUT2D eigenvalue weighted by molar-refractivity contribution is -0.112. The predicted molar refractivity (Wildman–Crippen MR) is 70.8 cm³/mol. The van der Waals surface area contributed by atoms with Crippen LogP contribution in [0.3, 0.4) is 0 Å². The Bertz CT molecular complexity index is 594. The average molecular weight is 234 g/mol. The Morgan fingerprint density at radius 3 is 2.06 bits per heavy atom. The van der Waals surface area contributed by atoms with Crippen molar-refractivity contribution in [2.45, 2.75) is 24.2 Å². The van der Waals surface area contributed by atoms with Gasteiger partial charge in [0.05, 0.1) is 5.41 Å². The van der Waals surface area contributed by atoms with Crippen molar-refractivity contribution >= 4 is 6.29 Å². The zero-order chi connectivity index (χ0) is 12.2. The van der Waals surface area contributed by atoms with Crippen molar-refractivity contribution in [3.8, 4) is 0 Å². The number of fused-ring (bicyclic) bond motifs is 1. The van der Waals surface area contributed by atoms with Gasteiger partial charge >= 0.3 is 0 Å². The van der Waals surface area contributed by atoms with E-state index in [0.717, 1.165) is 12.8 Å². The van der Waals surface area contributed by atoms with Gasteiger partial charge in [-0.15, -0.1) is 0 Å². The molecule has 5 rings (SSSR count). The molecule has 0 spiro atoms. The molecule has 0 fully saturated rings. The highest BCUT2D eigenvalue weighted by Crippen LogP contribution is 2.55. The minimum absolute atomic E-state index is 0.387. The molecule has 0 atom stereocenters. The van der Waals surface area contributed by atoms with Crippen LogP contribution in [-0.2, 0) is 10.2 Å². The fraction of sp³-hybridized carbons (Fsp3) is 0.235. The molecule has 2 aromatic rings. The third-order valence-electron chi connectivity index (χ3n) is 4.66. The van der Waals surface area contributed by atoms with Gasteiger partial charge in [-0.05, 0) is 35.1 Å². The lowest BCUT2D eigenvalue weighted by Gasteiger charge is -2.46. The highest BCUT2D eigenvalue weighted by molar-refractivity contribution is 5.80. The second kappa shape index (κ2) is 3.32. The Kier molecular flexibility index (Phi) is 1.86. The fourth-order valence-corrected chi connectivity index (χ4v) is 3.87. The van der Waals surface area contributed by atoms with Gasteiger partial charge in [0, 0.05) is 5.92 Å². The zero-order valence-corrected chi connectivity index (χ0v) is 10.1. The smallest absolute Gasteiger partial charge is 0.134 e. The summed E-state index contributed by atoms with van der Waals surface area (Å²) in [6.45, 7) is 0. The molecule has 1 nitrogen and oxygen atoms in total. The highest BCUT2D eigenvalue weighted by Gasteiger charge is 2.47. The van der Waals surface area contributed by atoms with Crippen molar-refractivity contribution in [2.75, 3.05) is 0 Å². The van der Waals surface area contributed by atoms with Gasteiger partial charge in [-0.25, -0.2) is 0 Å². The molecule has 0 heterocycles. The predicted octanol–water partition coefficient (Wildman–Crippen LogP) is 3.41. The van der Waals surface area contributed by atoms with Crippen LogP contribution >= 0.6 is 0 Å². The maximum atomic E-state index is 11.9. The molecular formula is C17H14O. The molecule has 3 aliphatic rings. The zero-order valence-electron chi connectivity index (χ0n) is 10.1. The molecule has 88 valence electrons. The van der Waals surface area contributed by atoms with Crippen LogP contribution in [0.5, 0.6) is 0 Å². The number of hydrogen-bond acceptors (Lipinski definition) is 1. The Morgan fingerprint density at radius 2 is 1.50 bits per heavy atom. The minimum atomic E-state index is -0.387. The first kappa shape index (κ1) is 10.1. The second-order valence-electron chi connectivity index (χ2n) is 5.35. The van der Waals surface area contributed by atoms with Crippen molar-refractivity contribution in [2.24, 2.45) is 0 Å². The van der Waals surface area contributed by atoms with Crippen molar-refractivity contribution in [3.63, 3.8) is 0 Å². The lowest BCUT2D eigenvalue weighted by atomic mass is 9.56. The van der Waals surface area contributed by atoms with E-state index >= 15 is 0 Å². The molecule has 0 aromatic heterocycles. The summed E-state index contributed by atoms with van der Waals surface area (Å²) in [6.07, 6.45) is 3.21. The van der Waals surface area contributed by atoms with Crippen LogP contribution in [0.15, 0.2) is 48.5 Å².